The van der Waals surface area contributed by atoms with Crippen molar-refractivity contribution in [2.45, 2.75) is 39.7 Å². The molecular formula is C16H20N4O2. The van der Waals surface area contributed by atoms with E-state index in [0.717, 1.165) is 42.3 Å². The third-order valence-electron chi connectivity index (χ3n) is 4.42. The van der Waals surface area contributed by atoms with Crippen LogP contribution in [0.15, 0.2) is 18.2 Å². The number of benzene rings is 1. The molecule has 1 saturated heterocycles. The predicted molar refractivity (Wildman–Crippen MR) is 85.2 cm³/mol. The molecule has 22 heavy (non-hydrogen) atoms. The number of nitro groups is 1. The fraction of sp³-hybridized carbons (Fsp3) is 0.438. The van der Waals surface area contributed by atoms with Crippen LogP contribution in [0.5, 0.6) is 0 Å². The number of rotatable bonds is 3. The van der Waals surface area contributed by atoms with E-state index in [9.17, 15) is 10.1 Å². The van der Waals surface area contributed by atoms with Crippen molar-refractivity contribution >= 4 is 11.4 Å². The molecule has 1 atom stereocenters. The molecule has 1 unspecified atom stereocenters. The Balaban J connectivity index is 1.93. The highest BCUT2D eigenvalue weighted by molar-refractivity contribution is 5.56. The molecule has 6 heteroatoms. The minimum atomic E-state index is -0.334. The molecule has 0 aliphatic carbocycles. The van der Waals surface area contributed by atoms with Crippen molar-refractivity contribution < 1.29 is 4.92 Å². The Morgan fingerprint density at radius 3 is 2.73 bits per heavy atom. The number of nitrogens with one attached hydrogen (secondary N) is 1. The van der Waals surface area contributed by atoms with E-state index in [0.29, 0.717) is 5.56 Å². The van der Waals surface area contributed by atoms with E-state index in [2.05, 4.69) is 14.9 Å². The van der Waals surface area contributed by atoms with Gasteiger partial charge in [-0.25, -0.2) is 4.98 Å². The Morgan fingerprint density at radius 1 is 1.36 bits per heavy atom. The van der Waals surface area contributed by atoms with Crippen LogP contribution in [0, 0.1) is 30.9 Å². The van der Waals surface area contributed by atoms with Crippen molar-refractivity contribution in [1.82, 2.24) is 9.97 Å². The van der Waals surface area contributed by atoms with Gasteiger partial charge in [-0.15, -0.1) is 0 Å². The first-order chi connectivity index (χ1) is 10.5. The van der Waals surface area contributed by atoms with Gasteiger partial charge in [0.15, 0.2) is 0 Å². The van der Waals surface area contributed by atoms with Crippen molar-refractivity contribution in [3.63, 3.8) is 0 Å². The number of anilines is 1. The van der Waals surface area contributed by atoms with Crippen LogP contribution in [0.4, 0.5) is 11.4 Å². The highest BCUT2D eigenvalue weighted by atomic mass is 16.6. The van der Waals surface area contributed by atoms with Crippen LogP contribution in [0.1, 0.15) is 41.7 Å². The lowest BCUT2D eigenvalue weighted by Gasteiger charge is -2.25. The number of aromatic nitrogens is 2. The van der Waals surface area contributed by atoms with Gasteiger partial charge in [0.1, 0.15) is 5.82 Å². The normalized spacial score (nSPS) is 18.0. The van der Waals surface area contributed by atoms with Gasteiger partial charge in [0.25, 0.3) is 5.69 Å². The maximum Gasteiger partial charge on any atom is 0.272 e. The maximum atomic E-state index is 11.0. The minimum Gasteiger partial charge on any atom is -0.361 e. The number of hydrogen-bond acceptors (Lipinski definition) is 4. The number of hydrogen-bond donors (Lipinski definition) is 1. The maximum absolute atomic E-state index is 11.0. The highest BCUT2D eigenvalue weighted by Gasteiger charge is 2.29. The van der Waals surface area contributed by atoms with E-state index in [1.54, 1.807) is 13.0 Å². The van der Waals surface area contributed by atoms with Gasteiger partial charge in [-0.05, 0) is 45.7 Å². The zero-order valence-electron chi connectivity index (χ0n) is 13.1. The molecule has 1 aliphatic rings. The third kappa shape index (κ3) is 2.45. The molecule has 1 fully saturated rings. The zero-order chi connectivity index (χ0) is 15.9. The fourth-order valence-corrected chi connectivity index (χ4v) is 3.12. The first-order valence-corrected chi connectivity index (χ1v) is 7.52. The molecule has 1 N–H and O–H groups in total. The topological polar surface area (TPSA) is 75.1 Å². The van der Waals surface area contributed by atoms with Crippen LogP contribution >= 0.6 is 0 Å². The molecule has 2 aromatic rings. The Bertz CT molecular complexity index is 703. The highest BCUT2D eigenvalue weighted by Crippen LogP contribution is 2.36. The Hall–Kier alpha value is -2.37. The van der Waals surface area contributed by atoms with Gasteiger partial charge < -0.3 is 9.88 Å². The predicted octanol–water partition coefficient (Wildman–Crippen LogP) is 3.58. The van der Waals surface area contributed by atoms with E-state index in [1.165, 1.54) is 0 Å². The molecule has 116 valence electrons. The molecule has 1 aromatic carbocycles. The van der Waals surface area contributed by atoms with Crippen molar-refractivity contribution in [2.24, 2.45) is 0 Å². The number of H-pyrrole nitrogens is 1. The molecule has 0 spiro atoms. The summed E-state index contributed by atoms with van der Waals surface area (Å²) in [5, 5.41) is 11.0. The average molecular weight is 300 g/mol. The molecule has 0 radical (unpaired) electrons. The summed E-state index contributed by atoms with van der Waals surface area (Å²) in [6.07, 6.45) is 2.14. The van der Waals surface area contributed by atoms with Crippen molar-refractivity contribution in [3.8, 4) is 0 Å². The lowest BCUT2D eigenvalue weighted by atomic mass is 10.1. The standard InChI is InChI=1S/C16H20N4O2/c1-10-9-13(6-7-14(10)20(21)22)19-8-4-5-15(19)16-17-11(2)12(3)18-16/h6-7,9,15H,4-5,8H2,1-3H3,(H,17,18). The first-order valence-electron chi connectivity index (χ1n) is 7.52. The molecule has 0 saturated carbocycles. The van der Waals surface area contributed by atoms with Gasteiger partial charge >= 0.3 is 0 Å². The second kappa shape index (κ2) is 5.44. The van der Waals surface area contributed by atoms with Gasteiger partial charge in [-0.3, -0.25) is 10.1 Å². The number of imidazole rings is 1. The summed E-state index contributed by atoms with van der Waals surface area (Å²) in [4.78, 5) is 20.9. The third-order valence-corrected chi connectivity index (χ3v) is 4.42. The summed E-state index contributed by atoms with van der Waals surface area (Å²) in [6.45, 7) is 6.76. The fourth-order valence-electron chi connectivity index (χ4n) is 3.12. The summed E-state index contributed by atoms with van der Waals surface area (Å²) in [7, 11) is 0. The van der Waals surface area contributed by atoms with E-state index in [-0.39, 0.29) is 16.7 Å². The number of aromatic amines is 1. The zero-order valence-corrected chi connectivity index (χ0v) is 13.1. The van der Waals surface area contributed by atoms with Gasteiger partial charge in [0.2, 0.25) is 0 Å². The van der Waals surface area contributed by atoms with Crippen LogP contribution in [0.2, 0.25) is 0 Å². The van der Waals surface area contributed by atoms with Crippen molar-refractivity contribution in [2.75, 3.05) is 11.4 Å². The summed E-state index contributed by atoms with van der Waals surface area (Å²) in [5.41, 5.74) is 4.02. The summed E-state index contributed by atoms with van der Waals surface area (Å²) in [5.74, 6) is 0.989. The molecule has 1 aliphatic heterocycles. The lowest BCUT2D eigenvalue weighted by Crippen LogP contribution is -2.23. The van der Waals surface area contributed by atoms with E-state index >= 15 is 0 Å². The van der Waals surface area contributed by atoms with Gasteiger partial charge in [-0.1, -0.05) is 0 Å². The smallest absolute Gasteiger partial charge is 0.272 e. The molecular weight excluding hydrogens is 280 g/mol. The molecule has 0 bridgehead atoms. The van der Waals surface area contributed by atoms with E-state index in [1.807, 2.05) is 26.0 Å². The second-order valence-corrected chi connectivity index (χ2v) is 5.91. The van der Waals surface area contributed by atoms with Crippen LogP contribution in [-0.2, 0) is 0 Å². The van der Waals surface area contributed by atoms with Crippen LogP contribution in [-0.4, -0.2) is 21.4 Å². The average Bonchev–Trinajstić information content (AvgIpc) is 3.06. The SMILES string of the molecule is Cc1cc(N2CCCC2c2nc(C)c(C)[nH]2)ccc1[N+](=O)[O-]. The van der Waals surface area contributed by atoms with Crippen LogP contribution in [0.3, 0.4) is 0 Å². The Morgan fingerprint density at radius 2 is 2.14 bits per heavy atom. The first kappa shape index (κ1) is 14.6. The van der Waals surface area contributed by atoms with Crippen LogP contribution in [0.25, 0.3) is 0 Å². The van der Waals surface area contributed by atoms with Gasteiger partial charge in [0.05, 0.1) is 16.7 Å². The largest absolute Gasteiger partial charge is 0.361 e. The number of nitro benzene ring substituents is 1. The van der Waals surface area contributed by atoms with Crippen LogP contribution < -0.4 is 4.90 Å². The van der Waals surface area contributed by atoms with Crippen molar-refractivity contribution in [3.05, 3.63) is 51.1 Å². The lowest BCUT2D eigenvalue weighted by molar-refractivity contribution is -0.385. The molecule has 1 aromatic heterocycles. The molecule has 0 amide bonds. The summed E-state index contributed by atoms with van der Waals surface area (Å²) < 4.78 is 0. The Kier molecular flexibility index (Phi) is 3.60. The minimum absolute atomic E-state index is 0.171. The quantitative estimate of drug-likeness (QED) is 0.694. The second-order valence-electron chi connectivity index (χ2n) is 5.91. The van der Waals surface area contributed by atoms with E-state index < -0.39 is 0 Å². The summed E-state index contributed by atoms with van der Waals surface area (Å²) >= 11 is 0. The molecule has 6 nitrogen and oxygen atoms in total. The van der Waals surface area contributed by atoms with Gasteiger partial charge in [-0.2, -0.15) is 0 Å². The van der Waals surface area contributed by atoms with Crippen molar-refractivity contribution in [1.29, 1.82) is 0 Å². The Labute approximate surface area is 129 Å². The monoisotopic (exact) mass is 300 g/mol. The number of nitrogens with zero attached hydrogens (tertiary/aromatic N) is 3. The molecule has 2 heterocycles. The molecule has 3 rings (SSSR count). The van der Waals surface area contributed by atoms with Gasteiger partial charge in [0, 0.05) is 29.6 Å². The van der Waals surface area contributed by atoms with E-state index in [4.69, 9.17) is 0 Å². The summed E-state index contributed by atoms with van der Waals surface area (Å²) in [6, 6.07) is 5.55. The number of aryl methyl sites for hydroxylation is 3.